The molecule has 1 aliphatic heterocycles. The smallest absolute Gasteiger partial charge is 0.272 e. The number of rotatable bonds is 2. The summed E-state index contributed by atoms with van der Waals surface area (Å²) in [6.07, 6.45) is 1.81. The van der Waals surface area contributed by atoms with Crippen LogP contribution >= 0.6 is 11.3 Å². The van der Waals surface area contributed by atoms with Crippen molar-refractivity contribution in [1.29, 1.82) is 0 Å². The Morgan fingerprint density at radius 3 is 2.67 bits per heavy atom. The van der Waals surface area contributed by atoms with Crippen LogP contribution in [0.1, 0.15) is 21.9 Å². The zero-order chi connectivity index (χ0) is 16.7. The summed E-state index contributed by atoms with van der Waals surface area (Å²) in [5.74, 6) is -0.0155. The Bertz CT molecular complexity index is 879. The highest BCUT2D eigenvalue weighted by atomic mass is 32.1. The van der Waals surface area contributed by atoms with E-state index in [2.05, 4.69) is 20.0 Å². The molecule has 1 saturated heterocycles. The van der Waals surface area contributed by atoms with Gasteiger partial charge >= 0.3 is 0 Å². The van der Waals surface area contributed by atoms with E-state index in [0.29, 0.717) is 18.8 Å². The Kier molecular flexibility index (Phi) is 3.68. The number of carbonyl (C=O) groups is 1. The van der Waals surface area contributed by atoms with Gasteiger partial charge in [-0.05, 0) is 19.9 Å². The van der Waals surface area contributed by atoms with Gasteiger partial charge in [0, 0.05) is 49.5 Å². The van der Waals surface area contributed by atoms with E-state index in [-0.39, 0.29) is 5.91 Å². The minimum absolute atomic E-state index is 0.0155. The number of anilines is 1. The van der Waals surface area contributed by atoms with Crippen molar-refractivity contribution in [3.63, 3.8) is 0 Å². The fourth-order valence-corrected chi connectivity index (χ4v) is 3.68. The van der Waals surface area contributed by atoms with Gasteiger partial charge in [0.15, 0.2) is 10.8 Å². The maximum absolute atomic E-state index is 12.8. The van der Waals surface area contributed by atoms with E-state index in [4.69, 9.17) is 0 Å². The molecule has 24 heavy (non-hydrogen) atoms. The number of hydrogen-bond donors (Lipinski definition) is 0. The van der Waals surface area contributed by atoms with Crippen molar-refractivity contribution < 1.29 is 4.79 Å². The third-order valence-electron chi connectivity index (χ3n) is 4.20. The number of carbonyl (C=O) groups excluding carboxylic acids is 1. The molecule has 124 valence electrons. The summed E-state index contributed by atoms with van der Waals surface area (Å²) in [5, 5.41) is 7.38. The monoisotopic (exact) mass is 342 g/mol. The molecule has 8 heteroatoms. The molecule has 0 N–H and O–H groups in total. The van der Waals surface area contributed by atoms with Gasteiger partial charge in [0.25, 0.3) is 5.91 Å². The van der Waals surface area contributed by atoms with E-state index in [1.807, 2.05) is 42.5 Å². The summed E-state index contributed by atoms with van der Waals surface area (Å²) in [4.78, 5) is 25.7. The summed E-state index contributed by atoms with van der Waals surface area (Å²) in [7, 11) is 0. The van der Waals surface area contributed by atoms with Gasteiger partial charge in [-0.1, -0.05) is 0 Å². The first-order valence-electron chi connectivity index (χ1n) is 7.89. The molecule has 0 aromatic carbocycles. The summed E-state index contributed by atoms with van der Waals surface area (Å²) in [5.41, 5.74) is 3.02. The van der Waals surface area contributed by atoms with Crippen LogP contribution in [0.15, 0.2) is 23.7 Å². The number of nitrogens with zero attached hydrogens (tertiary/aromatic N) is 6. The third-order valence-corrected chi connectivity index (χ3v) is 5.04. The van der Waals surface area contributed by atoms with E-state index in [1.54, 1.807) is 15.9 Å². The normalized spacial score (nSPS) is 15.2. The molecule has 3 aromatic rings. The lowest BCUT2D eigenvalue weighted by Crippen LogP contribution is -2.49. The predicted octanol–water partition coefficient (Wildman–Crippen LogP) is 1.77. The van der Waals surface area contributed by atoms with Crippen molar-refractivity contribution in [2.24, 2.45) is 0 Å². The van der Waals surface area contributed by atoms with Crippen LogP contribution in [0.25, 0.3) is 5.65 Å². The molecular formula is C16H18N6OS. The molecule has 0 spiro atoms. The fraction of sp³-hybridized carbons (Fsp3) is 0.375. The first kappa shape index (κ1) is 15.1. The lowest BCUT2D eigenvalue weighted by molar-refractivity contribution is 0.0741. The van der Waals surface area contributed by atoms with Crippen LogP contribution in [-0.2, 0) is 0 Å². The van der Waals surface area contributed by atoms with Crippen molar-refractivity contribution >= 4 is 28.0 Å². The number of aromatic nitrogens is 4. The number of piperazine rings is 1. The zero-order valence-electron chi connectivity index (χ0n) is 13.6. The summed E-state index contributed by atoms with van der Waals surface area (Å²) >= 11 is 1.63. The van der Waals surface area contributed by atoms with E-state index in [9.17, 15) is 4.79 Å². The fourth-order valence-electron chi connectivity index (χ4n) is 2.98. The lowest BCUT2D eigenvalue weighted by Gasteiger charge is -2.34. The minimum Gasteiger partial charge on any atom is -0.345 e. The second-order valence-corrected chi connectivity index (χ2v) is 6.81. The van der Waals surface area contributed by atoms with Crippen molar-refractivity contribution in [2.75, 3.05) is 31.1 Å². The molecule has 3 aromatic heterocycles. The van der Waals surface area contributed by atoms with E-state index >= 15 is 0 Å². The molecule has 0 unspecified atom stereocenters. The Morgan fingerprint density at radius 1 is 1.17 bits per heavy atom. The molecule has 0 bridgehead atoms. The van der Waals surface area contributed by atoms with Gasteiger partial charge < -0.3 is 9.80 Å². The van der Waals surface area contributed by atoms with Crippen LogP contribution in [0.5, 0.6) is 0 Å². The third kappa shape index (κ3) is 2.62. The van der Waals surface area contributed by atoms with E-state index in [0.717, 1.165) is 35.3 Å². The Morgan fingerprint density at radius 2 is 1.96 bits per heavy atom. The number of aryl methyl sites for hydroxylation is 2. The Labute approximate surface area is 143 Å². The number of hydrogen-bond acceptors (Lipinski definition) is 6. The average molecular weight is 342 g/mol. The van der Waals surface area contributed by atoms with Gasteiger partial charge in [-0.15, -0.1) is 11.3 Å². The largest absolute Gasteiger partial charge is 0.345 e. The Hall–Kier alpha value is -2.48. The second-order valence-electron chi connectivity index (χ2n) is 5.93. The Balaban J connectivity index is 1.52. The highest BCUT2D eigenvalue weighted by Gasteiger charge is 2.24. The zero-order valence-corrected chi connectivity index (χ0v) is 14.5. The maximum atomic E-state index is 12.8. The lowest BCUT2D eigenvalue weighted by atomic mass is 10.2. The number of thiazole rings is 1. The molecule has 0 radical (unpaired) electrons. The van der Waals surface area contributed by atoms with E-state index in [1.165, 1.54) is 0 Å². The topological polar surface area (TPSA) is 66.6 Å². The van der Waals surface area contributed by atoms with Crippen LogP contribution in [-0.4, -0.2) is 56.6 Å². The van der Waals surface area contributed by atoms with Crippen molar-refractivity contribution in [2.45, 2.75) is 13.8 Å². The highest BCUT2D eigenvalue weighted by Crippen LogP contribution is 2.19. The molecule has 0 atom stereocenters. The van der Waals surface area contributed by atoms with Crippen LogP contribution in [0.3, 0.4) is 0 Å². The van der Waals surface area contributed by atoms with Crippen molar-refractivity contribution in [3.05, 3.63) is 40.8 Å². The molecule has 1 fully saturated rings. The number of fused-ring (bicyclic) bond motifs is 1. The summed E-state index contributed by atoms with van der Waals surface area (Å²) in [6, 6.07) is 3.71. The molecule has 4 rings (SSSR count). The van der Waals surface area contributed by atoms with Gasteiger partial charge in [0.05, 0.1) is 5.69 Å². The van der Waals surface area contributed by atoms with Crippen molar-refractivity contribution in [1.82, 2.24) is 24.5 Å². The SMILES string of the molecule is Cc1cc2nc(C(=O)N3CCN(c4nccs4)CC3)cc(C)n2n1. The molecule has 0 saturated carbocycles. The van der Waals surface area contributed by atoms with Crippen LogP contribution in [0.4, 0.5) is 5.13 Å². The first-order valence-corrected chi connectivity index (χ1v) is 8.77. The van der Waals surface area contributed by atoms with Gasteiger partial charge in [0.2, 0.25) is 0 Å². The molecule has 4 heterocycles. The van der Waals surface area contributed by atoms with Crippen LogP contribution in [0.2, 0.25) is 0 Å². The van der Waals surface area contributed by atoms with Gasteiger partial charge in [-0.25, -0.2) is 14.5 Å². The first-order chi connectivity index (χ1) is 11.6. The number of amides is 1. The molecule has 1 amide bonds. The maximum Gasteiger partial charge on any atom is 0.272 e. The molecule has 0 aliphatic carbocycles. The summed E-state index contributed by atoms with van der Waals surface area (Å²) in [6.45, 7) is 6.83. The molecule has 1 aliphatic rings. The van der Waals surface area contributed by atoms with Gasteiger partial charge in [0.1, 0.15) is 5.69 Å². The standard InChI is InChI=1S/C16H18N6OS/c1-11-9-14-18-13(10-12(2)22(14)19-11)15(23)20-4-6-21(7-5-20)16-17-3-8-24-16/h3,8-10H,4-7H2,1-2H3. The molecular weight excluding hydrogens is 324 g/mol. The van der Waals surface area contributed by atoms with Crippen LogP contribution < -0.4 is 4.90 Å². The van der Waals surface area contributed by atoms with Gasteiger partial charge in [-0.2, -0.15) is 5.10 Å². The van der Waals surface area contributed by atoms with Gasteiger partial charge in [-0.3, -0.25) is 4.79 Å². The van der Waals surface area contributed by atoms with Crippen LogP contribution in [0, 0.1) is 13.8 Å². The highest BCUT2D eigenvalue weighted by molar-refractivity contribution is 7.13. The second kappa shape index (κ2) is 5.86. The molecule has 7 nitrogen and oxygen atoms in total. The summed E-state index contributed by atoms with van der Waals surface area (Å²) < 4.78 is 1.77. The van der Waals surface area contributed by atoms with Crippen molar-refractivity contribution in [3.8, 4) is 0 Å². The predicted molar refractivity (Wildman–Crippen MR) is 92.7 cm³/mol. The quantitative estimate of drug-likeness (QED) is 0.710. The van der Waals surface area contributed by atoms with E-state index < -0.39 is 0 Å². The average Bonchev–Trinajstić information content (AvgIpc) is 3.23. The minimum atomic E-state index is -0.0155.